The monoisotopic (exact) mass is 238 g/mol. The number of fused-ring (bicyclic) bond motifs is 1. The van der Waals surface area contributed by atoms with Crippen molar-refractivity contribution in [2.45, 2.75) is 19.5 Å². The molecule has 2 rings (SSSR count). The molecule has 0 atom stereocenters. The zero-order chi connectivity index (χ0) is 12.6. The summed E-state index contributed by atoms with van der Waals surface area (Å²) in [5, 5.41) is 9.07. The predicted molar refractivity (Wildman–Crippen MR) is 57.4 cm³/mol. The Hall–Kier alpha value is -1.96. The normalized spacial score (nSPS) is 11.7. The van der Waals surface area contributed by atoms with E-state index in [0.29, 0.717) is 10.9 Å². The standard InChI is InChI=1S/C12H9F3N2/c1-7-2-3-8-9(4-5-16)11(12(13,14)15)17-10(8)6-7/h2-3,6,17H,4H2,1H3. The van der Waals surface area contributed by atoms with Crippen LogP contribution in [0.1, 0.15) is 16.8 Å². The fourth-order valence-electron chi connectivity index (χ4n) is 1.87. The Kier molecular flexibility index (Phi) is 2.58. The van der Waals surface area contributed by atoms with Crippen molar-refractivity contribution in [3.8, 4) is 6.07 Å². The van der Waals surface area contributed by atoms with Crippen LogP contribution in [0.2, 0.25) is 0 Å². The maximum Gasteiger partial charge on any atom is 0.431 e. The quantitative estimate of drug-likeness (QED) is 0.810. The zero-order valence-corrected chi connectivity index (χ0v) is 9.02. The zero-order valence-electron chi connectivity index (χ0n) is 9.02. The third-order valence-corrected chi connectivity index (χ3v) is 2.60. The number of H-pyrrole nitrogens is 1. The van der Waals surface area contributed by atoms with E-state index in [1.54, 1.807) is 31.2 Å². The minimum atomic E-state index is -4.46. The van der Waals surface area contributed by atoms with E-state index in [1.807, 2.05) is 0 Å². The third-order valence-electron chi connectivity index (χ3n) is 2.60. The maximum absolute atomic E-state index is 12.8. The summed E-state index contributed by atoms with van der Waals surface area (Å²) in [5.41, 5.74) is 0.494. The number of aromatic nitrogens is 1. The van der Waals surface area contributed by atoms with Gasteiger partial charge in [-0.25, -0.2) is 0 Å². The average molecular weight is 238 g/mol. The number of nitriles is 1. The summed E-state index contributed by atoms with van der Waals surface area (Å²) in [4.78, 5) is 2.35. The number of alkyl halides is 3. The van der Waals surface area contributed by atoms with Gasteiger partial charge in [0.1, 0.15) is 5.69 Å². The number of nitrogens with zero attached hydrogens (tertiary/aromatic N) is 1. The summed E-state index contributed by atoms with van der Waals surface area (Å²) in [6, 6.07) is 6.76. The largest absolute Gasteiger partial charge is 0.431 e. The molecule has 0 unspecified atom stereocenters. The van der Waals surface area contributed by atoms with Gasteiger partial charge in [-0.05, 0) is 18.6 Å². The molecule has 2 nitrogen and oxygen atoms in total. The Bertz CT molecular complexity index is 602. The highest BCUT2D eigenvalue weighted by Crippen LogP contribution is 2.35. The lowest BCUT2D eigenvalue weighted by Gasteiger charge is -2.05. The Morgan fingerprint density at radius 2 is 2.06 bits per heavy atom. The Morgan fingerprint density at radius 3 is 2.65 bits per heavy atom. The minimum absolute atomic E-state index is 0.0231. The molecule has 5 heteroatoms. The van der Waals surface area contributed by atoms with Gasteiger partial charge in [-0.1, -0.05) is 12.1 Å². The molecular weight excluding hydrogens is 229 g/mol. The van der Waals surface area contributed by atoms with Gasteiger partial charge < -0.3 is 4.98 Å². The lowest BCUT2D eigenvalue weighted by Crippen LogP contribution is -2.08. The second-order valence-corrected chi connectivity index (χ2v) is 3.86. The lowest BCUT2D eigenvalue weighted by molar-refractivity contribution is -0.141. The van der Waals surface area contributed by atoms with Crippen molar-refractivity contribution in [1.82, 2.24) is 4.98 Å². The first kappa shape index (κ1) is 11.5. The molecule has 17 heavy (non-hydrogen) atoms. The lowest BCUT2D eigenvalue weighted by atomic mass is 10.1. The molecule has 88 valence electrons. The van der Waals surface area contributed by atoms with Gasteiger partial charge in [0.05, 0.1) is 12.5 Å². The number of hydrogen-bond acceptors (Lipinski definition) is 1. The molecule has 0 aliphatic heterocycles. The number of halogens is 3. The van der Waals surface area contributed by atoms with Crippen molar-refractivity contribution < 1.29 is 13.2 Å². The van der Waals surface area contributed by atoms with Gasteiger partial charge in [0.25, 0.3) is 0 Å². The summed E-state index contributed by atoms with van der Waals surface area (Å²) in [5.74, 6) is 0. The van der Waals surface area contributed by atoms with E-state index in [9.17, 15) is 13.2 Å². The summed E-state index contributed by atoms with van der Waals surface area (Å²) < 4.78 is 38.3. The Balaban J connectivity index is 2.75. The number of hydrogen-bond donors (Lipinski definition) is 1. The first-order valence-corrected chi connectivity index (χ1v) is 4.99. The molecule has 0 saturated carbocycles. The molecule has 0 aliphatic carbocycles. The highest BCUT2D eigenvalue weighted by Gasteiger charge is 2.36. The third kappa shape index (κ3) is 1.98. The summed E-state index contributed by atoms with van der Waals surface area (Å²) in [6.45, 7) is 1.80. The van der Waals surface area contributed by atoms with Crippen molar-refractivity contribution in [3.05, 3.63) is 35.0 Å². The van der Waals surface area contributed by atoms with E-state index >= 15 is 0 Å². The Labute approximate surface area is 95.7 Å². The van der Waals surface area contributed by atoms with Crippen molar-refractivity contribution >= 4 is 10.9 Å². The van der Waals surface area contributed by atoms with E-state index in [4.69, 9.17) is 5.26 Å². The van der Waals surface area contributed by atoms with Crippen LogP contribution in [0.5, 0.6) is 0 Å². The molecule has 0 fully saturated rings. The molecule has 0 amide bonds. The fraction of sp³-hybridized carbons (Fsp3) is 0.250. The van der Waals surface area contributed by atoms with Gasteiger partial charge in [0, 0.05) is 16.5 Å². The molecule has 1 aromatic heterocycles. The van der Waals surface area contributed by atoms with Gasteiger partial charge in [-0.3, -0.25) is 0 Å². The van der Waals surface area contributed by atoms with Crippen LogP contribution in [0, 0.1) is 18.3 Å². The highest BCUT2D eigenvalue weighted by molar-refractivity contribution is 5.85. The minimum Gasteiger partial charge on any atom is -0.351 e. The van der Waals surface area contributed by atoms with Crippen LogP contribution in [0.25, 0.3) is 10.9 Å². The highest BCUT2D eigenvalue weighted by atomic mass is 19.4. The van der Waals surface area contributed by atoms with E-state index < -0.39 is 11.9 Å². The molecule has 0 radical (unpaired) electrons. The number of benzene rings is 1. The van der Waals surface area contributed by atoms with E-state index in [2.05, 4.69) is 4.98 Å². The fourth-order valence-corrected chi connectivity index (χ4v) is 1.87. The molecule has 0 aliphatic rings. The van der Waals surface area contributed by atoms with Gasteiger partial charge in [0.2, 0.25) is 0 Å². The predicted octanol–water partition coefficient (Wildman–Crippen LogP) is 3.56. The molecule has 1 heterocycles. The SMILES string of the molecule is Cc1ccc2c(CC#N)c(C(F)(F)F)[nH]c2c1. The second kappa shape index (κ2) is 3.81. The number of rotatable bonds is 1. The molecule has 0 saturated heterocycles. The van der Waals surface area contributed by atoms with Crippen LogP contribution in [0.3, 0.4) is 0 Å². The Morgan fingerprint density at radius 1 is 1.35 bits per heavy atom. The average Bonchev–Trinajstić information content (AvgIpc) is 2.56. The summed E-state index contributed by atoms with van der Waals surface area (Å²) in [7, 11) is 0. The molecule has 0 bridgehead atoms. The first-order chi connectivity index (χ1) is 7.93. The first-order valence-electron chi connectivity index (χ1n) is 4.99. The van der Waals surface area contributed by atoms with E-state index in [-0.39, 0.29) is 12.0 Å². The molecule has 1 N–H and O–H groups in total. The topological polar surface area (TPSA) is 39.6 Å². The van der Waals surface area contributed by atoms with Gasteiger partial charge in [-0.2, -0.15) is 18.4 Å². The van der Waals surface area contributed by atoms with Crippen molar-refractivity contribution in [2.24, 2.45) is 0 Å². The molecule has 1 aromatic carbocycles. The molecular formula is C12H9F3N2. The van der Waals surface area contributed by atoms with Gasteiger partial charge in [-0.15, -0.1) is 0 Å². The van der Waals surface area contributed by atoms with Gasteiger partial charge in [0.15, 0.2) is 0 Å². The maximum atomic E-state index is 12.8. The van der Waals surface area contributed by atoms with Gasteiger partial charge >= 0.3 is 6.18 Å². The van der Waals surface area contributed by atoms with Crippen molar-refractivity contribution in [2.75, 3.05) is 0 Å². The molecule has 0 spiro atoms. The number of nitrogens with one attached hydrogen (secondary N) is 1. The van der Waals surface area contributed by atoms with Crippen LogP contribution in [0.15, 0.2) is 18.2 Å². The molecule has 2 aromatic rings. The number of aryl methyl sites for hydroxylation is 1. The van der Waals surface area contributed by atoms with Crippen LogP contribution < -0.4 is 0 Å². The smallest absolute Gasteiger partial charge is 0.351 e. The number of aromatic amines is 1. The van der Waals surface area contributed by atoms with E-state index in [1.165, 1.54) is 0 Å². The van der Waals surface area contributed by atoms with Crippen LogP contribution in [-0.2, 0) is 12.6 Å². The van der Waals surface area contributed by atoms with Crippen molar-refractivity contribution in [3.63, 3.8) is 0 Å². The summed E-state index contributed by atoms with van der Waals surface area (Å²) in [6.07, 6.45) is -4.71. The van der Waals surface area contributed by atoms with Crippen molar-refractivity contribution in [1.29, 1.82) is 5.26 Å². The van der Waals surface area contributed by atoms with Crippen LogP contribution in [0.4, 0.5) is 13.2 Å². The second-order valence-electron chi connectivity index (χ2n) is 3.86. The summed E-state index contributed by atoms with van der Waals surface area (Å²) >= 11 is 0. The van der Waals surface area contributed by atoms with E-state index in [0.717, 1.165) is 5.56 Å². The van der Waals surface area contributed by atoms with Crippen LogP contribution in [-0.4, -0.2) is 4.98 Å². The van der Waals surface area contributed by atoms with Crippen LogP contribution >= 0.6 is 0 Å².